The van der Waals surface area contributed by atoms with Crippen molar-refractivity contribution in [2.75, 3.05) is 31.3 Å². The van der Waals surface area contributed by atoms with Gasteiger partial charge in [0.05, 0.1) is 17.7 Å². The molecule has 0 aliphatic carbocycles. The van der Waals surface area contributed by atoms with E-state index in [0.29, 0.717) is 25.3 Å². The monoisotopic (exact) mass is 418 g/mol. The molecule has 0 unspecified atom stereocenters. The predicted molar refractivity (Wildman–Crippen MR) is 106 cm³/mol. The fourth-order valence-corrected chi connectivity index (χ4v) is 4.31. The van der Waals surface area contributed by atoms with Crippen LogP contribution < -0.4 is 4.90 Å². The second-order valence-electron chi connectivity index (χ2n) is 7.17. The number of hydrogen-bond donors (Lipinski definition) is 1. The number of Topliss-reactive ketones (excluding diaryl/α,β-unsaturated/α-hetero) is 1. The van der Waals surface area contributed by atoms with Gasteiger partial charge in [-0.15, -0.1) is 0 Å². The molecule has 10 nitrogen and oxygen atoms in total. The van der Waals surface area contributed by atoms with Gasteiger partial charge in [-0.25, -0.2) is 22.7 Å². The van der Waals surface area contributed by atoms with Crippen LogP contribution in [0.4, 0.5) is 5.82 Å². The molecule has 29 heavy (non-hydrogen) atoms. The Morgan fingerprint density at radius 3 is 2.97 bits per heavy atom. The van der Waals surface area contributed by atoms with Crippen LogP contribution in [-0.2, 0) is 23.0 Å². The number of nitrogens with zero attached hydrogens (tertiary/aromatic N) is 5. The Balaban J connectivity index is 1.50. The van der Waals surface area contributed by atoms with Gasteiger partial charge >= 0.3 is 0 Å². The largest absolute Gasteiger partial charge is 0.360 e. The van der Waals surface area contributed by atoms with E-state index in [1.165, 1.54) is 20.4 Å². The molecule has 0 amide bonds. The maximum absolute atomic E-state index is 12.7. The molecule has 1 aliphatic heterocycles. The topological polar surface area (TPSA) is 125 Å². The third kappa shape index (κ3) is 3.75. The summed E-state index contributed by atoms with van der Waals surface area (Å²) in [7, 11) is -0.367. The fraction of sp³-hybridized carbons (Fsp3) is 0.444. The highest BCUT2D eigenvalue weighted by atomic mass is 32.2. The van der Waals surface area contributed by atoms with Crippen molar-refractivity contribution in [2.24, 2.45) is 0 Å². The van der Waals surface area contributed by atoms with Crippen LogP contribution in [0.15, 0.2) is 23.1 Å². The molecular formula is C18H22N6O4S. The Bertz CT molecular complexity index is 1150. The minimum absolute atomic E-state index is 0.0791. The Labute approximate surface area is 168 Å². The van der Waals surface area contributed by atoms with Crippen LogP contribution in [0.25, 0.3) is 11.0 Å². The number of carbonyl (C=O) groups is 1. The van der Waals surface area contributed by atoms with E-state index < -0.39 is 10.0 Å². The average Bonchev–Trinajstić information content (AvgIpc) is 3.33. The van der Waals surface area contributed by atoms with E-state index in [4.69, 9.17) is 4.52 Å². The highest BCUT2D eigenvalue weighted by Crippen LogP contribution is 2.29. The van der Waals surface area contributed by atoms with Crippen molar-refractivity contribution in [3.05, 3.63) is 35.6 Å². The van der Waals surface area contributed by atoms with E-state index in [-0.39, 0.29) is 30.1 Å². The summed E-state index contributed by atoms with van der Waals surface area (Å²) in [5.41, 5.74) is 1.79. The summed E-state index contributed by atoms with van der Waals surface area (Å²) in [4.78, 5) is 26.4. The lowest BCUT2D eigenvalue weighted by Crippen LogP contribution is -2.31. The van der Waals surface area contributed by atoms with Gasteiger partial charge in [-0.2, -0.15) is 0 Å². The summed E-state index contributed by atoms with van der Waals surface area (Å²) in [6.45, 7) is 1.14. The molecule has 154 valence electrons. The van der Waals surface area contributed by atoms with Crippen molar-refractivity contribution in [1.82, 2.24) is 24.4 Å². The quantitative estimate of drug-likeness (QED) is 0.570. The maximum Gasteiger partial charge on any atom is 0.213 e. The molecule has 0 saturated heterocycles. The molecule has 0 bridgehead atoms. The summed E-state index contributed by atoms with van der Waals surface area (Å²) in [6, 6.07) is 1.92. The minimum atomic E-state index is -3.33. The van der Waals surface area contributed by atoms with E-state index in [0.717, 1.165) is 26.7 Å². The number of hydrogen-bond acceptors (Lipinski definition) is 8. The van der Waals surface area contributed by atoms with Gasteiger partial charge in [-0.1, -0.05) is 5.16 Å². The molecule has 4 heterocycles. The normalized spacial score (nSPS) is 14.5. The van der Waals surface area contributed by atoms with E-state index in [1.807, 2.05) is 12.3 Å². The standard InChI is InChI=1S/C18H22N6O4S/c1-23(2)29(26,27)9-3-4-14(25)16-13-10-24(8-6-15(13)28-22-16)18-12-5-7-19-17(12)20-11-21-18/h5,7,11H,3-4,6,8-10H2,1-2H3,(H,19,20,21). The molecule has 1 aliphatic rings. The third-order valence-corrected chi connectivity index (χ3v) is 7.00. The number of nitrogens with one attached hydrogen (secondary N) is 1. The first-order chi connectivity index (χ1) is 13.9. The number of aromatic amines is 1. The molecule has 0 saturated carbocycles. The molecule has 0 spiro atoms. The lowest BCUT2D eigenvalue weighted by molar-refractivity contribution is 0.0972. The van der Waals surface area contributed by atoms with Crippen molar-refractivity contribution in [1.29, 1.82) is 0 Å². The van der Waals surface area contributed by atoms with Gasteiger partial charge < -0.3 is 14.4 Å². The lowest BCUT2D eigenvalue weighted by Gasteiger charge is -2.27. The van der Waals surface area contributed by atoms with Crippen molar-refractivity contribution in [2.45, 2.75) is 25.8 Å². The number of fused-ring (bicyclic) bond motifs is 2. The Hall–Kier alpha value is -2.79. The number of sulfonamides is 1. The van der Waals surface area contributed by atoms with E-state index in [1.54, 1.807) is 0 Å². The first-order valence-corrected chi connectivity index (χ1v) is 10.9. The van der Waals surface area contributed by atoms with Crippen molar-refractivity contribution >= 4 is 32.7 Å². The zero-order valence-electron chi connectivity index (χ0n) is 16.3. The summed E-state index contributed by atoms with van der Waals surface area (Å²) >= 11 is 0. The second-order valence-corrected chi connectivity index (χ2v) is 9.47. The smallest absolute Gasteiger partial charge is 0.213 e. The van der Waals surface area contributed by atoms with Gasteiger partial charge in [0.25, 0.3) is 0 Å². The van der Waals surface area contributed by atoms with Gasteiger partial charge in [0.1, 0.15) is 23.6 Å². The average molecular weight is 418 g/mol. The number of carbonyl (C=O) groups excluding carboxylic acids is 1. The van der Waals surface area contributed by atoms with Gasteiger partial charge in [-0.3, -0.25) is 4.79 Å². The summed E-state index contributed by atoms with van der Waals surface area (Å²) in [5.74, 6) is 1.20. The number of ketones is 1. The maximum atomic E-state index is 12.7. The van der Waals surface area contributed by atoms with Crippen LogP contribution in [0.5, 0.6) is 0 Å². The molecule has 3 aromatic heterocycles. The molecule has 11 heteroatoms. The SMILES string of the molecule is CN(C)S(=O)(=O)CCCC(=O)c1noc2c1CN(c1ncnc3[nH]ccc13)CC2. The van der Waals surface area contributed by atoms with Crippen LogP contribution in [0, 0.1) is 0 Å². The molecule has 1 N–H and O–H groups in total. The summed E-state index contributed by atoms with van der Waals surface area (Å²) < 4.78 is 30.3. The lowest BCUT2D eigenvalue weighted by atomic mass is 10.0. The molecule has 0 aromatic carbocycles. The Morgan fingerprint density at radius 2 is 2.17 bits per heavy atom. The first-order valence-electron chi connectivity index (χ1n) is 9.30. The molecule has 3 aromatic rings. The van der Waals surface area contributed by atoms with E-state index in [9.17, 15) is 13.2 Å². The number of rotatable bonds is 7. The number of anilines is 1. The fourth-order valence-electron chi connectivity index (χ4n) is 3.44. The van der Waals surface area contributed by atoms with Gasteiger partial charge in [-0.05, 0) is 12.5 Å². The van der Waals surface area contributed by atoms with Gasteiger partial charge in [0.2, 0.25) is 10.0 Å². The summed E-state index contributed by atoms with van der Waals surface area (Å²) in [5, 5.41) is 4.89. The van der Waals surface area contributed by atoms with Crippen molar-refractivity contribution in [3.8, 4) is 0 Å². The van der Waals surface area contributed by atoms with E-state index in [2.05, 4.69) is 25.0 Å². The Kier molecular flexibility index (Phi) is 5.09. The van der Waals surface area contributed by atoms with Crippen LogP contribution in [0.1, 0.15) is 34.7 Å². The van der Waals surface area contributed by atoms with Crippen molar-refractivity contribution < 1.29 is 17.7 Å². The molecule has 0 radical (unpaired) electrons. The van der Waals surface area contributed by atoms with Crippen LogP contribution >= 0.6 is 0 Å². The van der Waals surface area contributed by atoms with Crippen LogP contribution in [0.2, 0.25) is 0 Å². The zero-order chi connectivity index (χ0) is 20.6. The summed E-state index contributed by atoms with van der Waals surface area (Å²) in [6.07, 6.45) is 4.27. The zero-order valence-corrected chi connectivity index (χ0v) is 17.1. The third-order valence-electron chi connectivity index (χ3n) is 5.09. The first kappa shape index (κ1) is 19.5. The van der Waals surface area contributed by atoms with Crippen molar-refractivity contribution in [3.63, 3.8) is 0 Å². The molecular weight excluding hydrogens is 396 g/mol. The minimum Gasteiger partial charge on any atom is -0.360 e. The molecule has 4 rings (SSSR count). The predicted octanol–water partition coefficient (Wildman–Crippen LogP) is 1.36. The van der Waals surface area contributed by atoms with E-state index >= 15 is 0 Å². The highest BCUT2D eigenvalue weighted by Gasteiger charge is 2.29. The van der Waals surface area contributed by atoms with Crippen LogP contribution in [0.3, 0.4) is 0 Å². The van der Waals surface area contributed by atoms with Crippen LogP contribution in [-0.4, -0.2) is 65.0 Å². The molecule has 0 atom stereocenters. The second kappa shape index (κ2) is 7.56. The number of H-pyrrole nitrogens is 1. The van der Waals surface area contributed by atoms with Gasteiger partial charge in [0, 0.05) is 45.2 Å². The van der Waals surface area contributed by atoms with Gasteiger partial charge in [0.15, 0.2) is 11.5 Å². The number of aromatic nitrogens is 4. The molecule has 0 fully saturated rings. The Morgan fingerprint density at radius 1 is 1.34 bits per heavy atom. The highest BCUT2D eigenvalue weighted by molar-refractivity contribution is 7.89.